The minimum absolute atomic E-state index is 0.0179. The first-order valence-corrected chi connectivity index (χ1v) is 7.33. The molecule has 1 aromatic heterocycles. The van der Waals surface area contributed by atoms with E-state index < -0.39 is 16.0 Å². The van der Waals surface area contributed by atoms with Gasteiger partial charge in [-0.25, -0.2) is 18.4 Å². The van der Waals surface area contributed by atoms with Crippen molar-refractivity contribution in [1.82, 2.24) is 0 Å². The summed E-state index contributed by atoms with van der Waals surface area (Å²) in [5.41, 5.74) is 0. The first-order chi connectivity index (χ1) is 6.91. The lowest BCUT2D eigenvalue weighted by Crippen LogP contribution is -2.16. The van der Waals surface area contributed by atoms with Gasteiger partial charge < -0.3 is 4.74 Å². The number of esters is 1. The van der Waals surface area contributed by atoms with Crippen molar-refractivity contribution in [2.24, 2.45) is 5.14 Å². The lowest BCUT2D eigenvalue weighted by Gasteiger charge is -2.01. The van der Waals surface area contributed by atoms with E-state index in [1.54, 1.807) is 11.6 Å². The minimum atomic E-state index is -3.90. The van der Waals surface area contributed by atoms with Crippen LogP contribution in [0, 0.1) is 0 Å². The Hall–Kier alpha value is -0.570. The zero-order chi connectivity index (χ0) is 11.6. The Morgan fingerprint density at radius 2 is 2.20 bits per heavy atom. The zero-order valence-electron chi connectivity index (χ0n) is 8.01. The summed E-state index contributed by atoms with van der Waals surface area (Å²) < 4.78 is 27.0. The number of carbonyl (C=O) groups is 1. The van der Waals surface area contributed by atoms with Crippen molar-refractivity contribution in [3.63, 3.8) is 0 Å². The Morgan fingerprint density at radius 1 is 1.60 bits per heavy atom. The number of nitrogens with two attached hydrogens (primary N) is 1. The summed E-state index contributed by atoms with van der Waals surface area (Å²) in [5.74, 6) is -0.690. The molecule has 0 fully saturated rings. The van der Waals surface area contributed by atoms with Crippen LogP contribution in [-0.4, -0.2) is 27.8 Å². The topological polar surface area (TPSA) is 86.5 Å². The third-order valence-corrected chi connectivity index (χ3v) is 4.71. The second-order valence-electron chi connectivity index (χ2n) is 2.50. The van der Waals surface area contributed by atoms with E-state index in [1.807, 2.05) is 0 Å². The highest BCUT2D eigenvalue weighted by Crippen LogP contribution is 2.33. The molecule has 2 N–H and O–H groups in total. The normalized spacial score (nSPS) is 11.4. The minimum Gasteiger partial charge on any atom is -0.465 e. The molecule has 0 spiro atoms. The van der Waals surface area contributed by atoms with Gasteiger partial charge >= 0.3 is 5.97 Å². The van der Waals surface area contributed by atoms with E-state index >= 15 is 0 Å². The summed E-state index contributed by atoms with van der Waals surface area (Å²) in [5, 5.41) is 6.59. The van der Waals surface area contributed by atoms with E-state index in [-0.39, 0.29) is 9.77 Å². The molecular weight excluding hydrogens is 258 g/mol. The molecular formula is C7H9NO4S3. The van der Waals surface area contributed by atoms with Crippen LogP contribution >= 0.6 is 23.1 Å². The fourth-order valence-electron chi connectivity index (χ4n) is 0.975. The Bertz CT molecular complexity index is 476. The van der Waals surface area contributed by atoms with Crippen LogP contribution in [0.4, 0.5) is 0 Å². The van der Waals surface area contributed by atoms with Crippen molar-refractivity contribution < 1.29 is 17.9 Å². The molecule has 0 bridgehead atoms. The third kappa shape index (κ3) is 2.51. The number of ether oxygens (including phenoxy) is 1. The molecule has 84 valence electrons. The van der Waals surface area contributed by atoms with Gasteiger partial charge in [-0.3, -0.25) is 0 Å². The highest BCUT2D eigenvalue weighted by atomic mass is 32.2. The summed E-state index contributed by atoms with van der Waals surface area (Å²) in [4.78, 5) is 11.6. The third-order valence-electron chi connectivity index (χ3n) is 1.59. The second kappa shape index (κ2) is 4.52. The van der Waals surface area contributed by atoms with Gasteiger partial charge in [0.15, 0.2) is 0 Å². The molecule has 0 saturated heterocycles. The van der Waals surface area contributed by atoms with Crippen LogP contribution in [0.15, 0.2) is 15.2 Å². The average molecular weight is 267 g/mol. The van der Waals surface area contributed by atoms with Crippen LogP contribution in [0.5, 0.6) is 0 Å². The number of methoxy groups -OCH3 is 1. The SMILES string of the molecule is COC(=O)c1scc(SC)c1S(N)(=O)=O. The van der Waals surface area contributed by atoms with Gasteiger partial charge in [0.05, 0.1) is 7.11 Å². The van der Waals surface area contributed by atoms with Gasteiger partial charge in [-0.2, -0.15) is 0 Å². The van der Waals surface area contributed by atoms with Crippen LogP contribution in [0.1, 0.15) is 9.67 Å². The molecule has 1 heterocycles. The van der Waals surface area contributed by atoms with Gasteiger partial charge in [0, 0.05) is 10.3 Å². The van der Waals surface area contributed by atoms with Crippen LogP contribution in [0.3, 0.4) is 0 Å². The first-order valence-electron chi connectivity index (χ1n) is 3.68. The van der Waals surface area contributed by atoms with Crippen molar-refractivity contribution in [1.29, 1.82) is 0 Å². The average Bonchev–Trinajstić information content (AvgIpc) is 2.59. The number of carbonyl (C=O) groups excluding carboxylic acids is 1. The summed E-state index contributed by atoms with van der Waals surface area (Å²) in [6, 6.07) is 0. The Balaban J connectivity index is 3.43. The fourth-order valence-corrected chi connectivity index (χ4v) is 4.44. The maximum Gasteiger partial charge on any atom is 0.349 e. The van der Waals surface area contributed by atoms with Crippen molar-refractivity contribution in [2.45, 2.75) is 9.79 Å². The molecule has 0 aliphatic heterocycles. The maximum atomic E-state index is 11.3. The van der Waals surface area contributed by atoms with Gasteiger partial charge in [-0.05, 0) is 6.26 Å². The number of hydrogen-bond acceptors (Lipinski definition) is 6. The predicted octanol–water partition coefficient (Wildman–Crippen LogP) is 0.904. The largest absolute Gasteiger partial charge is 0.465 e. The van der Waals surface area contributed by atoms with E-state index in [4.69, 9.17) is 5.14 Å². The van der Waals surface area contributed by atoms with Gasteiger partial charge in [-0.15, -0.1) is 23.1 Å². The lowest BCUT2D eigenvalue weighted by molar-refractivity contribution is 0.0602. The van der Waals surface area contributed by atoms with E-state index in [9.17, 15) is 13.2 Å². The fraction of sp³-hybridized carbons (Fsp3) is 0.286. The zero-order valence-corrected chi connectivity index (χ0v) is 10.5. The Labute approximate surface area is 95.7 Å². The molecule has 0 amide bonds. The van der Waals surface area contributed by atoms with E-state index in [0.717, 1.165) is 11.3 Å². The van der Waals surface area contributed by atoms with E-state index in [2.05, 4.69) is 4.74 Å². The Kier molecular flexibility index (Phi) is 3.77. The van der Waals surface area contributed by atoms with E-state index in [0.29, 0.717) is 4.90 Å². The monoisotopic (exact) mass is 267 g/mol. The van der Waals surface area contributed by atoms with Crippen molar-refractivity contribution in [3.05, 3.63) is 10.3 Å². The molecule has 8 heteroatoms. The van der Waals surface area contributed by atoms with Crippen molar-refractivity contribution in [3.8, 4) is 0 Å². The second-order valence-corrected chi connectivity index (χ2v) is 5.72. The Morgan fingerprint density at radius 3 is 2.60 bits per heavy atom. The highest BCUT2D eigenvalue weighted by Gasteiger charge is 2.26. The summed E-state index contributed by atoms with van der Waals surface area (Å²) in [7, 11) is -2.71. The van der Waals surface area contributed by atoms with Gasteiger partial charge in [0.2, 0.25) is 10.0 Å². The molecule has 1 rings (SSSR count). The summed E-state index contributed by atoms with van der Waals surface area (Å²) in [6.07, 6.45) is 1.71. The van der Waals surface area contributed by atoms with Crippen LogP contribution in [0.2, 0.25) is 0 Å². The van der Waals surface area contributed by atoms with Crippen LogP contribution in [0.25, 0.3) is 0 Å². The predicted molar refractivity (Wildman–Crippen MR) is 58.8 cm³/mol. The first kappa shape index (κ1) is 12.5. The number of thioether (sulfide) groups is 1. The standard InChI is InChI=1S/C7H9NO4S3/c1-12-7(9)5-6(15(8,10)11)4(13-2)3-14-5/h3H,1-2H3,(H2,8,10,11). The highest BCUT2D eigenvalue weighted by molar-refractivity contribution is 7.99. The quantitative estimate of drug-likeness (QED) is 0.649. The number of rotatable bonds is 3. The number of thiophene rings is 1. The molecule has 0 radical (unpaired) electrons. The van der Waals surface area contributed by atoms with Crippen molar-refractivity contribution in [2.75, 3.05) is 13.4 Å². The van der Waals surface area contributed by atoms with Gasteiger partial charge in [0.1, 0.15) is 9.77 Å². The molecule has 1 aromatic rings. The molecule has 0 atom stereocenters. The van der Waals surface area contributed by atoms with Crippen molar-refractivity contribution >= 4 is 39.1 Å². The molecule has 0 aliphatic rings. The number of primary sulfonamides is 1. The number of hydrogen-bond donors (Lipinski definition) is 1. The van der Waals surface area contributed by atoms with Crippen LogP contribution in [-0.2, 0) is 14.8 Å². The lowest BCUT2D eigenvalue weighted by atomic mass is 10.5. The number of sulfonamides is 1. The molecule has 0 aliphatic carbocycles. The van der Waals surface area contributed by atoms with Gasteiger partial charge in [0.25, 0.3) is 0 Å². The van der Waals surface area contributed by atoms with Gasteiger partial charge in [-0.1, -0.05) is 0 Å². The van der Waals surface area contributed by atoms with Crippen LogP contribution < -0.4 is 5.14 Å². The summed E-state index contributed by atoms with van der Waals surface area (Å²) in [6.45, 7) is 0. The van der Waals surface area contributed by atoms with E-state index in [1.165, 1.54) is 18.9 Å². The molecule has 5 nitrogen and oxygen atoms in total. The summed E-state index contributed by atoms with van der Waals surface area (Å²) >= 11 is 2.22. The molecule has 0 unspecified atom stereocenters. The smallest absolute Gasteiger partial charge is 0.349 e. The molecule has 15 heavy (non-hydrogen) atoms. The molecule has 0 aromatic carbocycles. The maximum absolute atomic E-state index is 11.3. The molecule has 0 saturated carbocycles.